The Labute approximate surface area is 181 Å². The van der Waals surface area contributed by atoms with E-state index in [-0.39, 0.29) is 18.5 Å². The first-order chi connectivity index (χ1) is 14.5. The highest BCUT2D eigenvalue weighted by molar-refractivity contribution is 6.30. The smallest absolute Gasteiger partial charge is 0.145 e. The number of nitrogens with zero attached hydrogens (tertiary/aromatic N) is 2. The van der Waals surface area contributed by atoms with Crippen molar-refractivity contribution in [2.45, 2.75) is 25.2 Å². The van der Waals surface area contributed by atoms with E-state index in [1.807, 2.05) is 24.3 Å². The molecule has 0 spiro atoms. The van der Waals surface area contributed by atoms with Gasteiger partial charge in [-0.1, -0.05) is 53.2 Å². The third kappa shape index (κ3) is 6.64. The molecule has 1 heterocycles. The summed E-state index contributed by atoms with van der Waals surface area (Å²) in [4.78, 5) is 7.64. The summed E-state index contributed by atoms with van der Waals surface area (Å²) in [6.45, 7) is 5.68. The molecule has 2 aromatic carbocycles. The highest BCUT2D eigenvalue weighted by Crippen LogP contribution is 2.21. The maximum absolute atomic E-state index is 14.1. The minimum atomic E-state index is -0.669. The second-order valence-corrected chi connectivity index (χ2v) is 7.69. The fourth-order valence-electron chi connectivity index (χ4n) is 3.40. The van der Waals surface area contributed by atoms with E-state index in [2.05, 4.69) is 16.6 Å². The van der Waals surface area contributed by atoms with Crippen LogP contribution in [0.2, 0.25) is 5.02 Å². The van der Waals surface area contributed by atoms with Crippen molar-refractivity contribution in [2.24, 2.45) is 5.16 Å². The SMILES string of the molecule is C=CCOC[C@H](O)CN(Cc1cccc(Cl)c1)C[C@@H]1CC(c2ccccc2F)=NO1. The number of rotatable bonds is 11. The minimum Gasteiger partial charge on any atom is -0.390 e. The first kappa shape index (κ1) is 22.4. The largest absolute Gasteiger partial charge is 0.390 e. The molecule has 0 radical (unpaired) electrons. The predicted octanol–water partition coefficient (Wildman–Crippen LogP) is 4.04. The first-order valence-electron chi connectivity index (χ1n) is 9.86. The van der Waals surface area contributed by atoms with Crippen molar-refractivity contribution in [3.8, 4) is 0 Å². The third-order valence-electron chi connectivity index (χ3n) is 4.69. The number of hydrogen-bond acceptors (Lipinski definition) is 5. The van der Waals surface area contributed by atoms with Crippen LogP contribution in [0.5, 0.6) is 0 Å². The second-order valence-electron chi connectivity index (χ2n) is 7.25. The number of hydrogen-bond donors (Lipinski definition) is 1. The lowest BCUT2D eigenvalue weighted by Gasteiger charge is -2.27. The summed E-state index contributed by atoms with van der Waals surface area (Å²) in [6.07, 6.45) is 1.23. The molecule has 0 saturated carbocycles. The van der Waals surface area contributed by atoms with Crippen LogP contribution in [-0.2, 0) is 16.1 Å². The first-order valence-corrected chi connectivity index (χ1v) is 10.2. The summed E-state index contributed by atoms with van der Waals surface area (Å²) >= 11 is 6.11. The Hall–Kier alpha value is -2.25. The summed E-state index contributed by atoms with van der Waals surface area (Å²) in [5.74, 6) is -0.314. The fourth-order valence-corrected chi connectivity index (χ4v) is 3.62. The quantitative estimate of drug-likeness (QED) is 0.430. The van der Waals surface area contributed by atoms with Crippen LogP contribution < -0.4 is 0 Å². The van der Waals surface area contributed by atoms with Gasteiger partial charge < -0.3 is 14.7 Å². The Morgan fingerprint density at radius 3 is 2.93 bits per heavy atom. The van der Waals surface area contributed by atoms with Crippen LogP contribution >= 0.6 is 11.6 Å². The van der Waals surface area contributed by atoms with Gasteiger partial charge in [0.05, 0.1) is 25.0 Å². The van der Waals surface area contributed by atoms with Crippen LogP contribution in [0, 0.1) is 5.82 Å². The number of aliphatic hydroxyl groups excluding tert-OH is 1. The zero-order valence-electron chi connectivity index (χ0n) is 16.7. The molecule has 1 N–H and O–H groups in total. The van der Waals surface area contributed by atoms with Crippen LogP contribution in [0.3, 0.4) is 0 Å². The molecule has 2 aromatic rings. The molecule has 30 heavy (non-hydrogen) atoms. The van der Waals surface area contributed by atoms with Crippen LogP contribution in [0.1, 0.15) is 17.5 Å². The standard InChI is InChI=1S/C23H26ClFN2O3/c1-2-10-29-16-19(28)14-27(13-17-6-5-7-18(24)11-17)15-20-12-23(26-30-20)21-8-3-4-9-22(21)25/h2-9,11,19-20,28H,1,10,12-16H2/t19-,20+/m1/s1. The summed E-state index contributed by atoms with van der Waals surface area (Å²) in [6, 6.07) is 14.1. The average molecular weight is 433 g/mol. The van der Waals surface area contributed by atoms with E-state index in [0.29, 0.717) is 49.0 Å². The van der Waals surface area contributed by atoms with Crippen molar-refractivity contribution in [1.82, 2.24) is 4.90 Å². The van der Waals surface area contributed by atoms with Gasteiger partial charge in [-0.25, -0.2) is 4.39 Å². The molecule has 0 unspecified atom stereocenters. The highest BCUT2D eigenvalue weighted by Gasteiger charge is 2.27. The maximum Gasteiger partial charge on any atom is 0.145 e. The lowest BCUT2D eigenvalue weighted by molar-refractivity contribution is 0.00336. The molecule has 0 saturated heterocycles. The topological polar surface area (TPSA) is 54.3 Å². The molecule has 0 amide bonds. The fraction of sp³-hybridized carbons (Fsp3) is 0.348. The normalized spacial score (nSPS) is 16.9. The molecule has 0 bridgehead atoms. The Kier molecular flexibility index (Phi) is 8.39. The number of halogens is 2. The van der Waals surface area contributed by atoms with Crippen molar-refractivity contribution < 1.29 is 19.1 Å². The molecule has 0 fully saturated rings. The van der Waals surface area contributed by atoms with E-state index < -0.39 is 6.10 Å². The Bertz CT molecular complexity index is 877. The van der Waals surface area contributed by atoms with Crippen LogP contribution in [0.4, 0.5) is 4.39 Å². The van der Waals surface area contributed by atoms with Crippen molar-refractivity contribution in [3.05, 3.63) is 83.2 Å². The van der Waals surface area contributed by atoms with Gasteiger partial charge in [-0.15, -0.1) is 6.58 Å². The number of oxime groups is 1. The van der Waals surface area contributed by atoms with Gasteiger partial charge in [-0.2, -0.15) is 0 Å². The van der Waals surface area contributed by atoms with E-state index in [4.69, 9.17) is 21.2 Å². The Morgan fingerprint density at radius 2 is 2.17 bits per heavy atom. The van der Waals surface area contributed by atoms with Crippen molar-refractivity contribution >= 4 is 17.3 Å². The van der Waals surface area contributed by atoms with Crippen LogP contribution in [0.15, 0.2) is 66.3 Å². The number of benzene rings is 2. The molecule has 2 atom stereocenters. The van der Waals surface area contributed by atoms with E-state index in [1.54, 1.807) is 24.3 Å². The van der Waals surface area contributed by atoms with E-state index in [9.17, 15) is 9.50 Å². The maximum atomic E-state index is 14.1. The summed E-state index contributed by atoms with van der Waals surface area (Å²) in [5, 5.41) is 15.1. The number of aliphatic hydroxyl groups is 1. The molecule has 160 valence electrons. The lowest BCUT2D eigenvalue weighted by Crippen LogP contribution is -2.39. The average Bonchev–Trinajstić information content (AvgIpc) is 3.16. The van der Waals surface area contributed by atoms with Crippen LogP contribution in [-0.4, -0.2) is 54.2 Å². The van der Waals surface area contributed by atoms with Crippen molar-refractivity contribution in [3.63, 3.8) is 0 Å². The molecule has 1 aliphatic heterocycles. The second kappa shape index (κ2) is 11.2. The molecular weight excluding hydrogens is 407 g/mol. The molecule has 7 heteroatoms. The number of ether oxygens (including phenoxy) is 1. The van der Waals surface area contributed by atoms with Gasteiger partial charge in [0.15, 0.2) is 0 Å². The predicted molar refractivity (Wildman–Crippen MR) is 116 cm³/mol. The molecular formula is C23H26ClFN2O3. The van der Waals surface area contributed by atoms with Crippen LogP contribution in [0.25, 0.3) is 0 Å². The molecule has 1 aliphatic rings. The summed E-state index contributed by atoms with van der Waals surface area (Å²) < 4.78 is 19.4. The van der Waals surface area contributed by atoms with Crippen molar-refractivity contribution in [1.29, 1.82) is 0 Å². The monoisotopic (exact) mass is 432 g/mol. The third-order valence-corrected chi connectivity index (χ3v) is 4.92. The Balaban J connectivity index is 1.63. The highest BCUT2D eigenvalue weighted by atomic mass is 35.5. The van der Waals surface area contributed by atoms with Crippen molar-refractivity contribution in [2.75, 3.05) is 26.3 Å². The van der Waals surface area contributed by atoms with Gasteiger partial charge in [0.1, 0.15) is 11.9 Å². The molecule has 0 aliphatic carbocycles. The summed E-state index contributed by atoms with van der Waals surface area (Å²) in [7, 11) is 0. The van der Waals surface area contributed by atoms with Gasteiger partial charge in [-0.3, -0.25) is 4.90 Å². The van der Waals surface area contributed by atoms with Gasteiger partial charge in [0, 0.05) is 36.6 Å². The van der Waals surface area contributed by atoms with E-state index >= 15 is 0 Å². The van der Waals surface area contributed by atoms with Gasteiger partial charge >= 0.3 is 0 Å². The molecule has 0 aromatic heterocycles. The van der Waals surface area contributed by atoms with Gasteiger partial charge in [0.25, 0.3) is 0 Å². The van der Waals surface area contributed by atoms with E-state index in [1.165, 1.54) is 6.07 Å². The Morgan fingerprint density at radius 1 is 1.33 bits per heavy atom. The zero-order chi connectivity index (χ0) is 21.3. The lowest BCUT2D eigenvalue weighted by atomic mass is 10.0. The van der Waals surface area contributed by atoms with E-state index in [0.717, 1.165) is 5.56 Å². The van der Waals surface area contributed by atoms with Gasteiger partial charge in [-0.05, 0) is 23.8 Å². The van der Waals surface area contributed by atoms with Gasteiger partial charge in [0.2, 0.25) is 0 Å². The molecule has 5 nitrogen and oxygen atoms in total. The summed E-state index contributed by atoms with van der Waals surface area (Å²) in [5.41, 5.74) is 2.07. The zero-order valence-corrected chi connectivity index (χ0v) is 17.5. The minimum absolute atomic E-state index is 0.209. The molecule has 3 rings (SSSR count).